The van der Waals surface area contributed by atoms with Crippen molar-refractivity contribution in [2.45, 2.75) is 13.0 Å². The topological polar surface area (TPSA) is 15.3 Å². The summed E-state index contributed by atoms with van der Waals surface area (Å²) in [5.41, 5.74) is 3.99. The summed E-state index contributed by atoms with van der Waals surface area (Å²) in [5.74, 6) is 0. The van der Waals surface area contributed by atoms with E-state index in [4.69, 9.17) is 11.6 Å². The van der Waals surface area contributed by atoms with E-state index in [0.29, 0.717) is 6.04 Å². The van der Waals surface area contributed by atoms with E-state index < -0.39 is 0 Å². The zero-order chi connectivity index (χ0) is 13.9. The van der Waals surface area contributed by atoms with Crippen molar-refractivity contribution in [1.29, 1.82) is 0 Å². The summed E-state index contributed by atoms with van der Waals surface area (Å²) in [6.07, 6.45) is 0. The van der Waals surface area contributed by atoms with Crippen molar-refractivity contribution >= 4 is 17.3 Å². The van der Waals surface area contributed by atoms with Crippen molar-refractivity contribution in [3.05, 3.63) is 64.7 Å². The molecule has 0 saturated carbocycles. The highest BCUT2D eigenvalue weighted by Gasteiger charge is 2.24. The number of benzene rings is 2. The van der Waals surface area contributed by atoms with E-state index in [2.05, 4.69) is 53.5 Å². The van der Waals surface area contributed by atoms with Crippen LogP contribution < -0.4 is 10.2 Å². The molecule has 2 nitrogen and oxygen atoms in total. The minimum Gasteiger partial charge on any atom is -0.362 e. The molecule has 0 spiro atoms. The lowest BCUT2D eigenvalue weighted by atomic mass is 9.98. The van der Waals surface area contributed by atoms with Gasteiger partial charge in [-0.3, -0.25) is 0 Å². The van der Waals surface area contributed by atoms with Crippen molar-refractivity contribution in [1.82, 2.24) is 5.32 Å². The van der Waals surface area contributed by atoms with E-state index in [1.807, 2.05) is 12.1 Å². The lowest BCUT2D eigenvalue weighted by molar-refractivity contribution is 0.488. The van der Waals surface area contributed by atoms with Crippen LogP contribution in [0, 0.1) is 6.92 Å². The Balaban J connectivity index is 1.95. The van der Waals surface area contributed by atoms with Crippen LogP contribution in [0.25, 0.3) is 0 Å². The Morgan fingerprint density at radius 1 is 1.10 bits per heavy atom. The van der Waals surface area contributed by atoms with Crippen LogP contribution >= 0.6 is 11.6 Å². The first-order chi connectivity index (χ1) is 9.75. The Bertz CT molecular complexity index is 580. The molecule has 0 bridgehead atoms. The fourth-order valence-electron chi connectivity index (χ4n) is 2.88. The summed E-state index contributed by atoms with van der Waals surface area (Å²) in [6, 6.07) is 17.2. The Kier molecular flexibility index (Phi) is 3.95. The van der Waals surface area contributed by atoms with E-state index in [-0.39, 0.29) is 0 Å². The minimum atomic E-state index is 0.381. The van der Waals surface area contributed by atoms with Gasteiger partial charge in [-0.1, -0.05) is 35.9 Å². The molecule has 1 N–H and O–H groups in total. The molecular formula is C17H19ClN2. The van der Waals surface area contributed by atoms with Gasteiger partial charge in [0.1, 0.15) is 0 Å². The van der Waals surface area contributed by atoms with Crippen molar-refractivity contribution < 1.29 is 0 Å². The van der Waals surface area contributed by atoms with Crippen LogP contribution in [0.4, 0.5) is 5.69 Å². The first-order valence-corrected chi connectivity index (χ1v) is 7.42. The maximum Gasteiger partial charge on any atom is 0.0670 e. The number of anilines is 1. The Morgan fingerprint density at radius 2 is 1.85 bits per heavy atom. The summed E-state index contributed by atoms with van der Waals surface area (Å²) < 4.78 is 0. The molecule has 2 aromatic rings. The first-order valence-electron chi connectivity index (χ1n) is 7.04. The van der Waals surface area contributed by atoms with Gasteiger partial charge in [-0.2, -0.15) is 0 Å². The lowest BCUT2D eigenvalue weighted by Gasteiger charge is -2.39. The number of halogens is 1. The average Bonchev–Trinajstić information content (AvgIpc) is 2.49. The standard InChI is InChI=1S/C17H19ClN2/c1-13-4-2-3-5-16(13)17-12-19-10-11-20(17)15-8-6-14(18)7-9-15/h2-9,17,19H,10-12H2,1H3. The second-order valence-electron chi connectivity index (χ2n) is 5.25. The predicted octanol–water partition coefficient (Wildman–Crippen LogP) is 3.80. The molecule has 1 unspecified atom stereocenters. The molecule has 104 valence electrons. The zero-order valence-corrected chi connectivity index (χ0v) is 12.4. The number of aryl methyl sites for hydroxylation is 1. The fraction of sp³-hybridized carbons (Fsp3) is 0.294. The number of hydrogen-bond acceptors (Lipinski definition) is 2. The molecular weight excluding hydrogens is 268 g/mol. The van der Waals surface area contributed by atoms with Gasteiger partial charge in [0.25, 0.3) is 0 Å². The number of piperazine rings is 1. The highest BCUT2D eigenvalue weighted by atomic mass is 35.5. The highest BCUT2D eigenvalue weighted by Crippen LogP contribution is 2.30. The van der Waals surface area contributed by atoms with Gasteiger partial charge in [0.15, 0.2) is 0 Å². The maximum absolute atomic E-state index is 6.00. The molecule has 0 aromatic heterocycles. The van der Waals surface area contributed by atoms with Gasteiger partial charge in [-0.05, 0) is 42.3 Å². The molecule has 2 aromatic carbocycles. The van der Waals surface area contributed by atoms with Crippen LogP contribution in [0.15, 0.2) is 48.5 Å². The van der Waals surface area contributed by atoms with E-state index in [9.17, 15) is 0 Å². The monoisotopic (exact) mass is 286 g/mol. The molecule has 0 radical (unpaired) electrons. The molecule has 3 heteroatoms. The predicted molar refractivity (Wildman–Crippen MR) is 85.6 cm³/mol. The van der Waals surface area contributed by atoms with Gasteiger partial charge in [0.2, 0.25) is 0 Å². The average molecular weight is 287 g/mol. The fourth-order valence-corrected chi connectivity index (χ4v) is 3.01. The van der Waals surface area contributed by atoms with Gasteiger partial charge in [-0.15, -0.1) is 0 Å². The smallest absolute Gasteiger partial charge is 0.0670 e. The van der Waals surface area contributed by atoms with Gasteiger partial charge in [0, 0.05) is 30.3 Å². The zero-order valence-electron chi connectivity index (χ0n) is 11.6. The van der Waals surface area contributed by atoms with Crippen molar-refractivity contribution in [3.8, 4) is 0 Å². The molecule has 0 amide bonds. The maximum atomic E-state index is 6.00. The van der Waals surface area contributed by atoms with E-state index in [1.54, 1.807) is 0 Å². The molecule has 20 heavy (non-hydrogen) atoms. The molecule has 1 saturated heterocycles. The van der Waals surface area contributed by atoms with E-state index in [0.717, 1.165) is 24.7 Å². The number of nitrogens with one attached hydrogen (secondary N) is 1. The molecule has 0 aliphatic carbocycles. The number of rotatable bonds is 2. The summed E-state index contributed by atoms with van der Waals surface area (Å²) in [6.45, 7) is 5.20. The van der Waals surface area contributed by atoms with Gasteiger partial charge in [0.05, 0.1) is 6.04 Å². The molecule has 1 aliphatic heterocycles. The van der Waals surface area contributed by atoms with Crippen LogP contribution in [0.2, 0.25) is 5.02 Å². The number of nitrogens with zero attached hydrogens (tertiary/aromatic N) is 1. The third kappa shape index (κ3) is 2.67. The summed E-state index contributed by atoms with van der Waals surface area (Å²) in [5, 5.41) is 4.29. The Morgan fingerprint density at radius 3 is 2.60 bits per heavy atom. The molecule has 1 fully saturated rings. The van der Waals surface area contributed by atoms with Crippen molar-refractivity contribution in [3.63, 3.8) is 0 Å². The lowest BCUT2D eigenvalue weighted by Crippen LogP contribution is -2.46. The largest absolute Gasteiger partial charge is 0.362 e. The second-order valence-corrected chi connectivity index (χ2v) is 5.68. The van der Waals surface area contributed by atoms with Crippen LogP contribution in [0.3, 0.4) is 0 Å². The normalized spacial score (nSPS) is 19.1. The summed E-state index contributed by atoms with van der Waals surface area (Å²) >= 11 is 6.00. The minimum absolute atomic E-state index is 0.381. The summed E-state index contributed by atoms with van der Waals surface area (Å²) in [4.78, 5) is 2.47. The van der Waals surface area contributed by atoms with Gasteiger partial charge < -0.3 is 10.2 Å². The third-order valence-electron chi connectivity index (χ3n) is 3.95. The van der Waals surface area contributed by atoms with E-state index in [1.165, 1.54) is 16.8 Å². The highest BCUT2D eigenvalue weighted by molar-refractivity contribution is 6.30. The molecule has 1 heterocycles. The third-order valence-corrected chi connectivity index (χ3v) is 4.20. The second kappa shape index (κ2) is 5.86. The van der Waals surface area contributed by atoms with Gasteiger partial charge in [-0.25, -0.2) is 0 Å². The van der Waals surface area contributed by atoms with Crippen molar-refractivity contribution in [2.24, 2.45) is 0 Å². The van der Waals surface area contributed by atoms with Crippen LogP contribution in [0.1, 0.15) is 17.2 Å². The Hall–Kier alpha value is -1.51. The Labute approximate surface area is 125 Å². The van der Waals surface area contributed by atoms with E-state index >= 15 is 0 Å². The summed E-state index contributed by atoms with van der Waals surface area (Å²) in [7, 11) is 0. The molecule has 1 aliphatic rings. The number of hydrogen-bond donors (Lipinski definition) is 1. The molecule has 1 atom stereocenters. The van der Waals surface area contributed by atoms with Gasteiger partial charge >= 0.3 is 0 Å². The SMILES string of the molecule is Cc1ccccc1C1CNCCN1c1ccc(Cl)cc1. The van der Waals surface area contributed by atoms with Crippen LogP contribution in [-0.2, 0) is 0 Å². The van der Waals surface area contributed by atoms with Crippen LogP contribution in [-0.4, -0.2) is 19.6 Å². The first kappa shape index (κ1) is 13.5. The molecule has 3 rings (SSSR count). The quantitative estimate of drug-likeness (QED) is 0.903. The van der Waals surface area contributed by atoms with Crippen LogP contribution in [0.5, 0.6) is 0 Å². The van der Waals surface area contributed by atoms with Crippen molar-refractivity contribution in [2.75, 3.05) is 24.5 Å².